The molecule has 0 saturated heterocycles. The molecule has 0 unspecified atom stereocenters. The van der Waals surface area contributed by atoms with Crippen LogP contribution in [0.15, 0.2) is 24.4 Å². The second kappa shape index (κ2) is 4.96. The van der Waals surface area contributed by atoms with E-state index in [1.54, 1.807) is 12.3 Å². The van der Waals surface area contributed by atoms with E-state index in [0.717, 1.165) is 5.39 Å². The molecule has 1 fully saturated rings. The highest BCUT2D eigenvalue weighted by Crippen LogP contribution is 2.26. The van der Waals surface area contributed by atoms with Gasteiger partial charge in [-0.15, -0.1) is 0 Å². The van der Waals surface area contributed by atoms with Gasteiger partial charge in [0.15, 0.2) is 0 Å². The summed E-state index contributed by atoms with van der Waals surface area (Å²) in [5.74, 6) is -1.31. The molecule has 0 bridgehead atoms. The molecule has 3 N–H and O–H groups in total. The molecule has 3 rings (SSSR count). The summed E-state index contributed by atoms with van der Waals surface area (Å²) in [6, 6.07) is 5.36. The van der Waals surface area contributed by atoms with Crippen molar-refractivity contribution in [3.8, 4) is 0 Å². The largest absolute Gasteiger partial charge is 0.481 e. The Hall–Kier alpha value is -2.37. The van der Waals surface area contributed by atoms with Crippen molar-refractivity contribution >= 4 is 22.8 Å². The monoisotopic (exact) mass is 273 g/mol. The number of nitrogens with zero attached hydrogens (tertiary/aromatic N) is 1. The van der Waals surface area contributed by atoms with Crippen LogP contribution in [0.2, 0.25) is 0 Å². The van der Waals surface area contributed by atoms with E-state index in [2.05, 4.69) is 15.5 Å². The smallest absolute Gasteiger partial charge is 0.306 e. The van der Waals surface area contributed by atoms with E-state index < -0.39 is 5.97 Å². The van der Waals surface area contributed by atoms with E-state index in [0.29, 0.717) is 30.3 Å². The van der Waals surface area contributed by atoms with Crippen molar-refractivity contribution in [2.75, 3.05) is 0 Å². The minimum atomic E-state index is -0.780. The summed E-state index contributed by atoms with van der Waals surface area (Å²) in [6.45, 7) is 0. The zero-order valence-electron chi connectivity index (χ0n) is 10.8. The van der Waals surface area contributed by atoms with Crippen LogP contribution in [0.3, 0.4) is 0 Å². The molecule has 1 aliphatic rings. The number of aromatic nitrogens is 2. The number of H-pyrrole nitrogens is 1. The van der Waals surface area contributed by atoms with Gasteiger partial charge in [0.25, 0.3) is 5.91 Å². The standard InChI is InChI=1S/C14H15N3O3/c18-13(16-10-5-4-8(6-10)14(19)20)11-3-1-2-9-7-15-17-12(9)11/h1-3,7-8,10H,4-6H2,(H,15,17)(H,16,18)(H,19,20)/t8-,10-/m1/s1. The maximum Gasteiger partial charge on any atom is 0.306 e. The molecular weight excluding hydrogens is 258 g/mol. The zero-order valence-corrected chi connectivity index (χ0v) is 10.8. The number of aromatic amines is 1. The lowest BCUT2D eigenvalue weighted by molar-refractivity contribution is -0.141. The molecule has 1 heterocycles. The number of hydrogen-bond donors (Lipinski definition) is 3. The van der Waals surface area contributed by atoms with Crippen LogP contribution in [-0.2, 0) is 4.79 Å². The molecule has 104 valence electrons. The van der Waals surface area contributed by atoms with Gasteiger partial charge < -0.3 is 10.4 Å². The first-order valence-electron chi connectivity index (χ1n) is 6.61. The molecule has 1 saturated carbocycles. The molecular formula is C14H15N3O3. The van der Waals surface area contributed by atoms with Crippen molar-refractivity contribution in [1.29, 1.82) is 0 Å². The van der Waals surface area contributed by atoms with Crippen molar-refractivity contribution < 1.29 is 14.7 Å². The second-order valence-electron chi connectivity index (χ2n) is 5.16. The Balaban J connectivity index is 1.74. The fourth-order valence-corrected chi connectivity index (χ4v) is 2.76. The lowest BCUT2D eigenvalue weighted by atomic mass is 10.1. The second-order valence-corrected chi connectivity index (χ2v) is 5.16. The number of amides is 1. The van der Waals surface area contributed by atoms with Crippen molar-refractivity contribution in [2.45, 2.75) is 25.3 Å². The van der Waals surface area contributed by atoms with Crippen LogP contribution in [0.25, 0.3) is 10.9 Å². The van der Waals surface area contributed by atoms with E-state index in [4.69, 9.17) is 5.11 Å². The van der Waals surface area contributed by atoms with Crippen molar-refractivity contribution in [3.05, 3.63) is 30.0 Å². The number of fused-ring (bicyclic) bond motifs is 1. The Morgan fingerprint density at radius 2 is 2.20 bits per heavy atom. The van der Waals surface area contributed by atoms with Gasteiger partial charge in [-0.1, -0.05) is 12.1 Å². The van der Waals surface area contributed by atoms with Gasteiger partial charge in [0.1, 0.15) is 0 Å². The van der Waals surface area contributed by atoms with Crippen molar-refractivity contribution in [1.82, 2.24) is 15.5 Å². The SMILES string of the molecule is O=C(N[C@@H]1CC[C@@H](C(=O)O)C1)c1cccc2cn[nH]c12. The van der Waals surface area contributed by atoms with Gasteiger partial charge >= 0.3 is 5.97 Å². The lowest BCUT2D eigenvalue weighted by Crippen LogP contribution is -2.33. The molecule has 2 atom stereocenters. The Labute approximate surface area is 115 Å². The maximum atomic E-state index is 12.3. The quantitative estimate of drug-likeness (QED) is 0.790. The van der Waals surface area contributed by atoms with Crippen LogP contribution < -0.4 is 5.32 Å². The Morgan fingerprint density at radius 3 is 2.95 bits per heavy atom. The van der Waals surface area contributed by atoms with Crippen molar-refractivity contribution in [3.63, 3.8) is 0 Å². The minimum absolute atomic E-state index is 0.0678. The molecule has 0 radical (unpaired) electrons. The van der Waals surface area contributed by atoms with Gasteiger partial charge in [-0.3, -0.25) is 14.7 Å². The predicted molar refractivity (Wildman–Crippen MR) is 72.3 cm³/mol. The maximum absolute atomic E-state index is 12.3. The molecule has 1 amide bonds. The molecule has 0 spiro atoms. The lowest BCUT2D eigenvalue weighted by Gasteiger charge is -2.12. The van der Waals surface area contributed by atoms with Gasteiger partial charge in [0, 0.05) is 11.4 Å². The van der Waals surface area contributed by atoms with Gasteiger partial charge in [-0.25, -0.2) is 0 Å². The summed E-state index contributed by atoms with van der Waals surface area (Å²) < 4.78 is 0. The fourth-order valence-electron chi connectivity index (χ4n) is 2.76. The number of carbonyl (C=O) groups excluding carboxylic acids is 1. The molecule has 6 nitrogen and oxygen atoms in total. The van der Waals surface area contributed by atoms with E-state index >= 15 is 0 Å². The molecule has 0 aliphatic heterocycles. The first kappa shape index (κ1) is 12.7. The van der Waals surface area contributed by atoms with Gasteiger partial charge in [-0.05, 0) is 25.3 Å². The van der Waals surface area contributed by atoms with Gasteiger partial charge in [0.2, 0.25) is 0 Å². The first-order chi connectivity index (χ1) is 9.65. The van der Waals surface area contributed by atoms with Crippen LogP contribution in [-0.4, -0.2) is 33.2 Å². The number of rotatable bonds is 3. The fraction of sp³-hybridized carbons (Fsp3) is 0.357. The number of carbonyl (C=O) groups is 2. The van der Waals surface area contributed by atoms with Crippen LogP contribution in [0.1, 0.15) is 29.6 Å². The van der Waals surface area contributed by atoms with Gasteiger partial charge in [0.05, 0.1) is 23.2 Å². The first-order valence-corrected chi connectivity index (χ1v) is 6.61. The van der Waals surface area contributed by atoms with Crippen LogP contribution in [0, 0.1) is 5.92 Å². The third kappa shape index (κ3) is 2.24. The Kier molecular flexibility index (Phi) is 3.14. The molecule has 2 aromatic rings. The number of benzene rings is 1. The summed E-state index contributed by atoms with van der Waals surface area (Å²) in [6.07, 6.45) is 3.50. The van der Waals surface area contributed by atoms with Crippen LogP contribution >= 0.6 is 0 Å². The molecule has 6 heteroatoms. The number of para-hydroxylation sites is 1. The highest BCUT2D eigenvalue weighted by atomic mass is 16.4. The average molecular weight is 273 g/mol. The van der Waals surface area contributed by atoms with E-state index in [-0.39, 0.29) is 17.9 Å². The summed E-state index contributed by atoms with van der Waals surface area (Å²) in [4.78, 5) is 23.2. The van der Waals surface area contributed by atoms with Gasteiger partial charge in [-0.2, -0.15) is 5.10 Å². The van der Waals surface area contributed by atoms with E-state index in [1.165, 1.54) is 0 Å². The molecule has 1 aromatic carbocycles. The highest BCUT2D eigenvalue weighted by Gasteiger charge is 2.30. The highest BCUT2D eigenvalue weighted by molar-refractivity contribution is 6.05. The van der Waals surface area contributed by atoms with Crippen molar-refractivity contribution in [2.24, 2.45) is 5.92 Å². The Morgan fingerprint density at radius 1 is 1.35 bits per heavy atom. The third-order valence-corrected chi connectivity index (χ3v) is 3.84. The Bertz CT molecular complexity index is 664. The number of hydrogen-bond acceptors (Lipinski definition) is 3. The zero-order chi connectivity index (χ0) is 14.1. The van der Waals surface area contributed by atoms with Crippen LogP contribution in [0.4, 0.5) is 0 Å². The summed E-state index contributed by atoms with van der Waals surface area (Å²) >= 11 is 0. The van der Waals surface area contributed by atoms with E-state index in [9.17, 15) is 9.59 Å². The topological polar surface area (TPSA) is 95.1 Å². The van der Waals surface area contributed by atoms with Crippen LogP contribution in [0.5, 0.6) is 0 Å². The third-order valence-electron chi connectivity index (χ3n) is 3.84. The average Bonchev–Trinajstić information content (AvgIpc) is 3.05. The molecule has 20 heavy (non-hydrogen) atoms. The normalized spacial score (nSPS) is 22.0. The summed E-state index contributed by atoms with van der Waals surface area (Å²) in [5.41, 5.74) is 1.25. The van der Waals surface area contributed by atoms with E-state index in [1.807, 2.05) is 12.1 Å². The summed E-state index contributed by atoms with van der Waals surface area (Å²) in [5, 5.41) is 19.5. The predicted octanol–water partition coefficient (Wildman–Crippen LogP) is 1.55. The number of nitrogens with one attached hydrogen (secondary N) is 2. The number of carboxylic acid groups (broad SMARTS) is 1. The minimum Gasteiger partial charge on any atom is -0.481 e. The molecule has 1 aromatic heterocycles. The molecule has 1 aliphatic carbocycles. The summed E-state index contributed by atoms with van der Waals surface area (Å²) in [7, 11) is 0. The number of carboxylic acids is 1. The number of aliphatic carboxylic acids is 1.